The number of hydrogen-bond donors (Lipinski definition) is 0. The number of aromatic nitrogens is 1. The Bertz CT molecular complexity index is 1100. The second-order valence-electron chi connectivity index (χ2n) is 7.58. The van der Waals surface area contributed by atoms with E-state index >= 15 is 0 Å². The largest absolute Gasteiger partial charge is 0.545 e. The van der Waals surface area contributed by atoms with E-state index in [1.807, 2.05) is 48.5 Å². The molecule has 0 unspecified atom stereocenters. The standard InChI is InChI=1S/C27H28ClNO4S/c1-32-23-12-9-20(10-13-23)6-4-5-17-33-26-15-11-22(29-25(26)14-16-27(30)31)19-34-18-21-7-2-3-8-24(21)28/h2-3,7-16H,4-6,17-19H2,1H3,(H,30,31)/p-1/b16-14+. The van der Waals surface area contributed by atoms with Gasteiger partial charge in [-0.15, -0.1) is 0 Å². The van der Waals surface area contributed by atoms with Gasteiger partial charge in [-0.05, 0) is 72.9 Å². The smallest absolute Gasteiger partial charge is 0.144 e. The SMILES string of the molecule is COc1ccc(CCCCOc2ccc(CSCc3ccccc3Cl)nc2/C=C/C(=O)[O-])cc1. The molecule has 178 valence electrons. The predicted octanol–water partition coefficient (Wildman–Crippen LogP) is 5.34. The number of rotatable bonds is 13. The Morgan fingerprint density at radius 2 is 1.85 bits per heavy atom. The molecule has 7 heteroatoms. The van der Waals surface area contributed by atoms with E-state index in [2.05, 4.69) is 17.1 Å². The first-order valence-corrected chi connectivity index (χ1v) is 12.5. The van der Waals surface area contributed by atoms with E-state index in [1.54, 1.807) is 18.9 Å². The molecule has 0 N–H and O–H groups in total. The summed E-state index contributed by atoms with van der Waals surface area (Å²) in [4.78, 5) is 15.5. The van der Waals surface area contributed by atoms with E-state index in [0.717, 1.165) is 53.1 Å². The molecule has 34 heavy (non-hydrogen) atoms. The molecule has 0 saturated carbocycles. The van der Waals surface area contributed by atoms with Crippen LogP contribution in [0.4, 0.5) is 0 Å². The van der Waals surface area contributed by atoms with Gasteiger partial charge in [0, 0.05) is 16.5 Å². The first kappa shape index (κ1) is 25.7. The first-order chi connectivity index (χ1) is 16.5. The van der Waals surface area contributed by atoms with Crippen LogP contribution in [0.5, 0.6) is 11.5 Å². The minimum absolute atomic E-state index is 0.482. The van der Waals surface area contributed by atoms with Gasteiger partial charge in [-0.2, -0.15) is 11.8 Å². The summed E-state index contributed by atoms with van der Waals surface area (Å²) in [6.07, 6.45) is 5.18. The summed E-state index contributed by atoms with van der Waals surface area (Å²) < 4.78 is 11.1. The molecule has 3 aromatic rings. The summed E-state index contributed by atoms with van der Waals surface area (Å²) in [5.74, 6) is 1.56. The highest BCUT2D eigenvalue weighted by molar-refractivity contribution is 7.97. The zero-order valence-electron chi connectivity index (χ0n) is 19.0. The van der Waals surface area contributed by atoms with Crippen LogP contribution in [0.1, 0.15) is 35.4 Å². The third kappa shape index (κ3) is 8.43. The fourth-order valence-electron chi connectivity index (χ4n) is 3.26. The lowest BCUT2D eigenvalue weighted by molar-refractivity contribution is -0.297. The van der Waals surface area contributed by atoms with Gasteiger partial charge in [-0.3, -0.25) is 0 Å². The first-order valence-electron chi connectivity index (χ1n) is 11.0. The Morgan fingerprint density at radius 1 is 1.06 bits per heavy atom. The van der Waals surface area contributed by atoms with Crippen molar-refractivity contribution in [1.82, 2.24) is 4.98 Å². The van der Waals surface area contributed by atoms with Gasteiger partial charge in [-0.1, -0.05) is 41.9 Å². The van der Waals surface area contributed by atoms with Crippen molar-refractivity contribution in [3.63, 3.8) is 0 Å². The third-order valence-corrected chi connectivity index (χ3v) is 6.45. The van der Waals surface area contributed by atoms with Crippen molar-refractivity contribution in [2.24, 2.45) is 0 Å². The second kappa shape index (κ2) is 13.7. The van der Waals surface area contributed by atoms with Gasteiger partial charge in [0.25, 0.3) is 0 Å². The van der Waals surface area contributed by atoms with Crippen LogP contribution in [0.3, 0.4) is 0 Å². The fourth-order valence-corrected chi connectivity index (χ4v) is 4.49. The molecule has 0 radical (unpaired) electrons. The number of carbonyl (C=O) groups excluding carboxylic acids is 1. The number of methoxy groups -OCH3 is 1. The maximum atomic E-state index is 10.9. The molecular weight excluding hydrogens is 470 g/mol. The number of carboxylic acids is 1. The molecule has 0 spiro atoms. The number of ether oxygens (including phenoxy) is 2. The number of unbranched alkanes of at least 4 members (excludes halogenated alkanes) is 1. The number of aliphatic carboxylic acids is 1. The maximum absolute atomic E-state index is 10.9. The van der Waals surface area contributed by atoms with E-state index in [-0.39, 0.29) is 0 Å². The van der Waals surface area contributed by atoms with Gasteiger partial charge in [0.2, 0.25) is 0 Å². The Labute approximate surface area is 209 Å². The van der Waals surface area contributed by atoms with Crippen LogP contribution in [0.2, 0.25) is 5.02 Å². The van der Waals surface area contributed by atoms with E-state index < -0.39 is 5.97 Å². The Kier molecular flexibility index (Phi) is 10.3. The van der Waals surface area contributed by atoms with Gasteiger partial charge in [0.1, 0.15) is 17.2 Å². The molecule has 0 amide bonds. The summed E-state index contributed by atoms with van der Waals surface area (Å²) in [6, 6.07) is 19.6. The number of carbonyl (C=O) groups is 1. The van der Waals surface area contributed by atoms with E-state index in [0.29, 0.717) is 23.8 Å². The van der Waals surface area contributed by atoms with Crippen LogP contribution in [0, 0.1) is 0 Å². The zero-order valence-corrected chi connectivity index (χ0v) is 20.6. The maximum Gasteiger partial charge on any atom is 0.144 e. The average Bonchev–Trinajstić information content (AvgIpc) is 2.85. The highest BCUT2D eigenvalue weighted by Crippen LogP contribution is 2.25. The van der Waals surface area contributed by atoms with Crippen LogP contribution in [0.15, 0.2) is 66.7 Å². The highest BCUT2D eigenvalue weighted by Gasteiger charge is 2.07. The average molecular weight is 497 g/mol. The van der Waals surface area contributed by atoms with Crippen molar-refractivity contribution < 1.29 is 19.4 Å². The van der Waals surface area contributed by atoms with Crippen LogP contribution < -0.4 is 14.6 Å². The topological polar surface area (TPSA) is 71.5 Å². The molecule has 0 atom stereocenters. The number of benzene rings is 2. The third-order valence-electron chi connectivity index (χ3n) is 5.06. The summed E-state index contributed by atoms with van der Waals surface area (Å²) in [6.45, 7) is 0.518. The molecule has 1 heterocycles. The minimum Gasteiger partial charge on any atom is -0.545 e. The number of pyridine rings is 1. The normalized spacial score (nSPS) is 11.0. The Hall–Kier alpha value is -2.96. The molecule has 2 aromatic carbocycles. The molecule has 1 aromatic heterocycles. The molecule has 0 bridgehead atoms. The highest BCUT2D eigenvalue weighted by atomic mass is 35.5. The van der Waals surface area contributed by atoms with Crippen LogP contribution in [-0.2, 0) is 22.7 Å². The lowest BCUT2D eigenvalue weighted by Gasteiger charge is -2.11. The summed E-state index contributed by atoms with van der Waals surface area (Å²) in [5, 5.41) is 11.7. The van der Waals surface area contributed by atoms with Crippen molar-refractivity contribution >= 4 is 35.4 Å². The monoisotopic (exact) mass is 496 g/mol. The van der Waals surface area contributed by atoms with Gasteiger partial charge in [0.05, 0.1) is 25.4 Å². The van der Waals surface area contributed by atoms with Crippen molar-refractivity contribution in [3.05, 3.63) is 94.3 Å². The van der Waals surface area contributed by atoms with Crippen molar-refractivity contribution in [3.8, 4) is 11.5 Å². The van der Waals surface area contributed by atoms with Crippen molar-refractivity contribution in [2.45, 2.75) is 30.8 Å². The molecule has 0 aliphatic heterocycles. The minimum atomic E-state index is -1.27. The molecule has 0 fully saturated rings. The van der Waals surface area contributed by atoms with Crippen LogP contribution in [-0.4, -0.2) is 24.7 Å². The summed E-state index contributed by atoms with van der Waals surface area (Å²) in [5.41, 5.74) is 3.64. The van der Waals surface area contributed by atoms with Crippen molar-refractivity contribution in [2.75, 3.05) is 13.7 Å². The molecule has 0 aliphatic carbocycles. The number of halogens is 1. The van der Waals surface area contributed by atoms with Crippen molar-refractivity contribution in [1.29, 1.82) is 0 Å². The van der Waals surface area contributed by atoms with E-state index in [9.17, 15) is 9.90 Å². The van der Waals surface area contributed by atoms with Gasteiger partial charge in [0.15, 0.2) is 0 Å². The van der Waals surface area contributed by atoms with Crippen LogP contribution in [0.25, 0.3) is 6.08 Å². The summed E-state index contributed by atoms with van der Waals surface area (Å²) >= 11 is 7.91. The lowest BCUT2D eigenvalue weighted by Crippen LogP contribution is -2.18. The molecule has 5 nitrogen and oxygen atoms in total. The predicted molar refractivity (Wildman–Crippen MR) is 136 cm³/mol. The quantitative estimate of drug-likeness (QED) is 0.235. The molecular formula is C27H27ClNO4S-. The number of carboxylic acid groups (broad SMARTS) is 1. The number of nitrogens with zero attached hydrogens (tertiary/aromatic N) is 1. The van der Waals surface area contributed by atoms with Crippen LogP contribution >= 0.6 is 23.4 Å². The number of thioether (sulfide) groups is 1. The van der Waals surface area contributed by atoms with E-state index in [4.69, 9.17) is 21.1 Å². The molecule has 3 rings (SSSR count). The fraction of sp³-hybridized carbons (Fsp3) is 0.259. The molecule has 0 aliphatic rings. The van der Waals surface area contributed by atoms with E-state index in [1.165, 1.54) is 11.6 Å². The number of aryl methyl sites for hydroxylation is 1. The summed E-state index contributed by atoms with van der Waals surface area (Å²) in [7, 11) is 1.66. The second-order valence-corrected chi connectivity index (χ2v) is 8.97. The van der Waals surface area contributed by atoms with Gasteiger partial charge < -0.3 is 19.4 Å². The Balaban J connectivity index is 1.53. The van der Waals surface area contributed by atoms with Gasteiger partial charge in [-0.25, -0.2) is 4.98 Å². The lowest BCUT2D eigenvalue weighted by atomic mass is 10.1. The number of hydrogen-bond acceptors (Lipinski definition) is 6. The Morgan fingerprint density at radius 3 is 2.59 bits per heavy atom. The zero-order chi connectivity index (χ0) is 24.2. The van der Waals surface area contributed by atoms with Gasteiger partial charge >= 0.3 is 0 Å². The molecule has 0 saturated heterocycles.